The van der Waals surface area contributed by atoms with Crippen LogP contribution in [0.2, 0.25) is 0 Å². The summed E-state index contributed by atoms with van der Waals surface area (Å²) < 4.78 is 7.28. The number of fused-ring (bicyclic) bond motifs is 1. The van der Waals surface area contributed by atoms with Crippen molar-refractivity contribution in [1.82, 2.24) is 14.8 Å². The molecule has 2 aliphatic rings. The number of carbonyl (C=O) groups is 1. The SMILES string of the molecule is Cn1cc2cc(NC(=O)c3coc(N4CCC(O)C4)n3)c(N3CCCCC3)cc2n1. The van der Waals surface area contributed by atoms with E-state index in [1.807, 2.05) is 24.2 Å². The summed E-state index contributed by atoms with van der Waals surface area (Å²) in [6, 6.07) is 4.40. The number of aryl methyl sites for hydroxylation is 1. The van der Waals surface area contributed by atoms with Crippen molar-refractivity contribution in [3.8, 4) is 0 Å². The highest BCUT2D eigenvalue weighted by Crippen LogP contribution is 2.33. The lowest BCUT2D eigenvalue weighted by molar-refractivity contribution is 0.102. The number of nitrogens with zero attached hydrogens (tertiary/aromatic N) is 5. The van der Waals surface area contributed by atoms with Crippen LogP contribution in [0.15, 0.2) is 29.0 Å². The molecule has 2 N–H and O–H groups in total. The van der Waals surface area contributed by atoms with Gasteiger partial charge in [0, 0.05) is 44.8 Å². The smallest absolute Gasteiger partial charge is 0.298 e. The maximum atomic E-state index is 12.9. The summed E-state index contributed by atoms with van der Waals surface area (Å²) >= 11 is 0. The molecule has 4 heterocycles. The van der Waals surface area contributed by atoms with E-state index in [0.29, 0.717) is 25.5 Å². The maximum absolute atomic E-state index is 12.9. The van der Waals surface area contributed by atoms with Gasteiger partial charge in [0.25, 0.3) is 11.9 Å². The van der Waals surface area contributed by atoms with Gasteiger partial charge in [0.15, 0.2) is 5.69 Å². The second-order valence-corrected chi connectivity index (χ2v) is 8.14. The molecule has 0 bridgehead atoms. The first-order valence-corrected chi connectivity index (χ1v) is 10.5. The van der Waals surface area contributed by atoms with Crippen molar-refractivity contribution < 1.29 is 14.3 Å². The zero-order chi connectivity index (χ0) is 20.7. The van der Waals surface area contributed by atoms with Crippen LogP contribution >= 0.6 is 0 Å². The van der Waals surface area contributed by atoms with Gasteiger partial charge < -0.3 is 24.6 Å². The normalized spacial score (nSPS) is 19.6. The van der Waals surface area contributed by atoms with Gasteiger partial charge in [-0.25, -0.2) is 0 Å². The maximum Gasteiger partial charge on any atom is 0.298 e. The van der Waals surface area contributed by atoms with Crippen molar-refractivity contribution in [3.05, 3.63) is 30.3 Å². The first-order valence-electron chi connectivity index (χ1n) is 10.5. The zero-order valence-corrected chi connectivity index (χ0v) is 17.0. The van der Waals surface area contributed by atoms with Crippen LogP contribution in [0.1, 0.15) is 36.2 Å². The van der Waals surface area contributed by atoms with Gasteiger partial charge in [0.1, 0.15) is 6.26 Å². The summed E-state index contributed by atoms with van der Waals surface area (Å²) in [5.41, 5.74) is 2.87. The zero-order valence-electron chi connectivity index (χ0n) is 17.0. The molecule has 2 aliphatic heterocycles. The summed E-state index contributed by atoms with van der Waals surface area (Å²) in [5.74, 6) is -0.314. The lowest BCUT2D eigenvalue weighted by atomic mass is 10.1. The Balaban J connectivity index is 1.42. The summed E-state index contributed by atoms with van der Waals surface area (Å²) in [6.45, 7) is 3.07. The predicted molar refractivity (Wildman–Crippen MR) is 114 cm³/mol. The van der Waals surface area contributed by atoms with Crippen molar-refractivity contribution in [2.75, 3.05) is 41.3 Å². The Morgan fingerprint density at radius 1 is 1.20 bits per heavy atom. The molecule has 2 aromatic heterocycles. The molecule has 2 fully saturated rings. The fourth-order valence-electron chi connectivity index (χ4n) is 4.30. The number of carbonyl (C=O) groups excluding carboxylic acids is 1. The second kappa shape index (κ2) is 7.64. The van der Waals surface area contributed by atoms with Crippen molar-refractivity contribution >= 4 is 34.2 Å². The number of aliphatic hydroxyl groups is 1. The van der Waals surface area contributed by atoms with Crippen LogP contribution in [0.25, 0.3) is 10.9 Å². The summed E-state index contributed by atoms with van der Waals surface area (Å²) in [4.78, 5) is 21.4. The van der Waals surface area contributed by atoms with Gasteiger partial charge in [-0.2, -0.15) is 10.1 Å². The Hall–Kier alpha value is -3.07. The Labute approximate surface area is 174 Å². The summed E-state index contributed by atoms with van der Waals surface area (Å²) in [7, 11) is 1.89. The number of aliphatic hydroxyl groups excluding tert-OH is 1. The molecule has 9 heteroatoms. The first-order chi connectivity index (χ1) is 14.6. The highest BCUT2D eigenvalue weighted by atomic mass is 16.4. The van der Waals surface area contributed by atoms with E-state index < -0.39 is 0 Å². The number of piperidine rings is 1. The molecule has 30 heavy (non-hydrogen) atoms. The Morgan fingerprint density at radius 2 is 2.03 bits per heavy atom. The number of anilines is 3. The number of aromatic nitrogens is 3. The lowest BCUT2D eigenvalue weighted by Crippen LogP contribution is -2.30. The van der Waals surface area contributed by atoms with Gasteiger partial charge in [0.05, 0.1) is 23.0 Å². The molecular weight excluding hydrogens is 384 g/mol. The monoisotopic (exact) mass is 410 g/mol. The van der Waals surface area contributed by atoms with E-state index in [4.69, 9.17) is 4.42 Å². The molecule has 158 valence electrons. The molecule has 3 aromatic rings. The van der Waals surface area contributed by atoms with E-state index in [2.05, 4.69) is 26.4 Å². The lowest BCUT2D eigenvalue weighted by Gasteiger charge is -2.30. The number of oxazole rings is 1. The van der Waals surface area contributed by atoms with Crippen LogP contribution in [0.5, 0.6) is 0 Å². The number of benzene rings is 1. The molecule has 1 atom stereocenters. The third-order valence-corrected chi connectivity index (χ3v) is 5.84. The minimum absolute atomic E-state index is 0.224. The summed E-state index contributed by atoms with van der Waals surface area (Å²) in [6.07, 6.45) is 7.12. The van der Waals surface area contributed by atoms with E-state index in [-0.39, 0.29) is 17.7 Å². The molecule has 2 saturated heterocycles. The molecule has 0 saturated carbocycles. The molecule has 9 nitrogen and oxygen atoms in total. The number of β-amino-alcohol motifs (C(OH)–C–C–N with tert-alkyl or cyclic N) is 1. The predicted octanol–water partition coefficient (Wildman–Crippen LogP) is 2.37. The van der Waals surface area contributed by atoms with Crippen LogP contribution < -0.4 is 15.1 Å². The van der Waals surface area contributed by atoms with Gasteiger partial charge in [0.2, 0.25) is 0 Å². The number of hydrogen-bond acceptors (Lipinski definition) is 7. The molecule has 5 rings (SSSR count). The average Bonchev–Trinajstić information content (AvgIpc) is 3.46. The first kappa shape index (κ1) is 18.9. The molecule has 1 amide bonds. The Kier molecular flexibility index (Phi) is 4.82. The van der Waals surface area contributed by atoms with Crippen molar-refractivity contribution in [3.63, 3.8) is 0 Å². The van der Waals surface area contributed by atoms with Gasteiger partial charge >= 0.3 is 0 Å². The molecule has 1 aromatic carbocycles. The van der Waals surface area contributed by atoms with Gasteiger partial charge in [-0.15, -0.1) is 0 Å². The fraction of sp³-hybridized carbons (Fsp3) is 0.476. The molecule has 1 unspecified atom stereocenters. The van der Waals surface area contributed by atoms with Crippen LogP contribution in [-0.2, 0) is 7.05 Å². The minimum Gasteiger partial charge on any atom is -0.431 e. The third-order valence-electron chi connectivity index (χ3n) is 5.84. The van der Waals surface area contributed by atoms with Gasteiger partial charge in [-0.05, 0) is 37.8 Å². The van der Waals surface area contributed by atoms with E-state index >= 15 is 0 Å². The minimum atomic E-state index is -0.382. The van der Waals surface area contributed by atoms with Crippen LogP contribution in [0.4, 0.5) is 17.4 Å². The third kappa shape index (κ3) is 3.60. The Bertz CT molecular complexity index is 1070. The van der Waals surface area contributed by atoms with Crippen molar-refractivity contribution in [2.45, 2.75) is 31.8 Å². The Morgan fingerprint density at radius 3 is 2.80 bits per heavy atom. The largest absolute Gasteiger partial charge is 0.431 e. The number of nitrogens with one attached hydrogen (secondary N) is 1. The molecular formula is C21H26N6O3. The number of rotatable bonds is 4. The van der Waals surface area contributed by atoms with E-state index in [1.165, 1.54) is 12.7 Å². The van der Waals surface area contributed by atoms with E-state index in [9.17, 15) is 9.90 Å². The van der Waals surface area contributed by atoms with Crippen LogP contribution in [0, 0.1) is 0 Å². The van der Waals surface area contributed by atoms with E-state index in [0.717, 1.165) is 48.2 Å². The highest BCUT2D eigenvalue weighted by Gasteiger charge is 2.25. The molecule has 0 radical (unpaired) electrons. The second-order valence-electron chi connectivity index (χ2n) is 8.14. The standard InChI is InChI=1S/C21H26N6O3/c1-25-11-14-9-17(19(10-16(14)24-25)26-6-3-2-4-7-26)22-20(29)18-13-30-21(23-18)27-8-5-15(28)12-27/h9-11,13,15,28H,2-8,12H2,1H3,(H,22,29). The van der Waals surface area contributed by atoms with Crippen LogP contribution in [0.3, 0.4) is 0 Å². The van der Waals surface area contributed by atoms with Gasteiger partial charge in [-0.1, -0.05) is 0 Å². The number of hydrogen-bond donors (Lipinski definition) is 2. The average molecular weight is 410 g/mol. The number of amides is 1. The van der Waals surface area contributed by atoms with Crippen molar-refractivity contribution in [2.24, 2.45) is 7.05 Å². The highest BCUT2D eigenvalue weighted by molar-refractivity contribution is 6.06. The van der Waals surface area contributed by atoms with Crippen LogP contribution in [-0.4, -0.2) is 58.1 Å². The van der Waals surface area contributed by atoms with Gasteiger partial charge in [-0.3, -0.25) is 9.48 Å². The van der Waals surface area contributed by atoms with Crippen molar-refractivity contribution in [1.29, 1.82) is 0 Å². The molecule has 0 aliphatic carbocycles. The summed E-state index contributed by atoms with van der Waals surface area (Å²) in [5, 5.41) is 18.2. The topological polar surface area (TPSA) is 99.7 Å². The fourth-order valence-corrected chi connectivity index (χ4v) is 4.30. The van der Waals surface area contributed by atoms with E-state index in [1.54, 1.807) is 4.68 Å². The quantitative estimate of drug-likeness (QED) is 0.681. The molecule has 0 spiro atoms.